The molecule has 1 amide bonds. The smallest absolute Gasteiger partial charge is 0.233 e. The first-order chi connectivity index (χ1) is 11.4. The van der Waals surface area contributed by atoms with Gasteiger partial charge in [0, 0.05) is 5.54 Å². The van der Waals surface area contributed by atoms with E-state index in [2.05, 4.69) is 20.3 Å². The van der Waals surface area contributed by atoms with Gasteiger partial charge in [-0.1, -0.05) is 11.8 Å². The van der Waals surface area contributed by atoms with E-state index in [-0.39, 0.29) is 28.6 Å². The standard InChI is InChI=1S/C16H24N6OS/c1-8(24-15-20-13(17)19-14(18)21-15)12(23)22-16-5-9-2-10(6-16)4-11(3-9)7-16/h8-11H,2-7H2,1H3,(H,22,23)(H4,17,18,19,20,21). The van der Waals surface area contributed by atoms with Gasteiger partial charge in [0.15, 0.2) is 5.16 Å². The number of nitrogens with zero attached hydrogens (tertiary/aromatic N) is 3. The molecule has 7 nitrogen and oxygen atoms in total. The largest absolute Gasteiger partial charge is 0.368 e. The molecular weight excluding hydrogens is 324 g/mol. The van der Waals surface area contributed by atoms with Crippen molar-refractivity contribution in [1.82, 2.24) is 20.3 Å². The molecule has 4 aliphatic carbocycles. The summed E-state index contributed by atoms with van der Waals surface area (Å²) in [6, 6.07) is 0. The van der Waals surface area contributed by atoms with Gasteiger partial charge in [-0.3, -0.25) is 4.79 Å². The minimum absolute atomic E-state index is 0.0256. The van der Waals surface area contributed by atoms with E-state index in [1.54, 1.807) is 0 Å². The highest BCUT2D eigenvalue weighted by atomic mass is 32.2. The lowest BCUT2D eigenvalue weighted by molar-refractivity contribution is -0.126. The van der Waals surface area contributed by atoms with Gasteiger partial charge in [-0.15, -0.1) is 0 Å². The van der Waals surface area contributed by atoms with Gasteiger partial charge in [-0.05, 0) is 63.2 Å². The van der Waals surface area contributed by atoms with Gasteiger partial charge in [-0.25, -0.2) is 0 Å². The van der Waals surface area contributed by atoms with Crippen molar-refractivity contribution in [3.8, 4) is 0 Å². The van der Waals surface area contributed by atoms with Crippen LogP contribution in [-0.4, -0.2) is 31.6 Å². The zero-order valence-electron chi connectivity index (χ0n) is 13.9. The summed E-state index contributed by atoms with van der Waals surface area (Å²) in [5, 5.41) is 3.48. The molecule has 1 unspecified atom stereocenters. The first kappa shape index (κ1) is 15.9. The van der Waals surface area contributed by atoms with Crippen LogP contribution in [0.4, 0.5) is 11.9 Å². The Morgan fingerprint density at radius 2 is 1.58 bits per heavy atom. The summed E-state index contributed by atoms with van der Waals surface area (Å²) in [5.41, 5.74) is 11.2. The van der Waals surface area contributed by atoms with Crippen molar-refractivity contribution in [3.63, 3.8) is 0 Å². The molecule has 0 saturated heterocycles. The van der Waals surface area contributed by atoms with Gasteiger partial charge in [0.05, 0.1) is 5.25 Å². The molecule has 4 fully saturated rings. The molecule has 0 aliphatic heterocycles. The number of hydrogen-bond acceptors (Lipinski definition) is 7. The van der Waals surface area contributed by atoms with Crippen molar-refractivity contribution in [2.45, 2.75) is 61.4 Å². The normalized spacial score (nSPS) is 35.0. The van der Waals surface area contributed by atoms with Crippen molar-refractivity contribution < 1.29 is 4.79 Å². The van der Waals surface area contributed by atoms with Gasteiger partial charge in [0.2, 0.25) is 17.8 Å². The maximum absolute atomic E-state index is 12.7. The molecule has 0 spiro atoms. The molecule has 4 aliphatic rings. The van der Waals surface area contributed by atoms with E-state index in [0.717, 1.165) is 37.0 Å². The average molecular weight is 348 g/mol. The Hall–Kier alpha value is -1.57. The Bertz CT molecular complexity index is 610. The number of carbonyl (C=O) groups is 1. The summed E-state index contributed by atoms with van der Waals surface area (Å²) < 4.78 is 0. The molecule has 1 aromatic heterocycles. The average Bonchev–Trinajstić information content (AvgIpc) is 2.43. The van der Waals surface area contributed by atoms with Crippen LogP contribution in [0.5, 0.6) is 0 Å². The first-order valence-corrected chi connectivity index (χ1v) is 9.54. The second kappa shape index (κ2) is 5.75. The van der Waals surface area contributed by atoms with Crippen molar-refractivity contribution in [2.75, 3.05) is 11.5 Å². The highest BCUT2D eigenvalue weighted by Gasteiger charge is 2.51. The highest BCUT2D eigenvalue weighted by molar-refractivity contribution is 8.00. The lowest BCUT2D eigenvalue weighted by Crippen LogP contribution is -2.60. The minimum Gasteiger partial charge on any atom is -0.368 e. The van der Waals surface area contributed by atoms with Crippen LogP contribution in [0.1, 0.15) is 45.4 Å². The van der Waals surface area contributed by atoms with Crippen LogP contribution in [0.2, 0.25) is 0 Å². The van der Waals surface area contributed by atoms with E-state index >= 15 is 0 Å². The number of thioether (sulfide) groups is 1. The molecule has 4 saturated carbocycles. The number of hydrogen-bond donors (Lipinski definition) is 3. The fourth-order valence-corrected chi connectivity index (χ4v) is 6.05. The summed E-state index contributed by atoms with van der Waals surface area (Å²) in [4.78, 5) is 24.6. The Morgan fingerprint density at radius 1 is 1.08 bits per heavy atom. The van der Waals surface area contributed by atoms with Crippen LogP contribution in [0, 0.1) is 17.8 Å². The predicted octanol–water partition coefficient (Wildman–Crippen LogP) is 1.60. The van der Waals surface area contributed by atoms with E-state index in [0.29, 0.717) is 5.16 Å². The number of nitrogens with one attached hydrogen (secondary N) is 1. The zero-order chi connectivity index (χ0) is 16.9. The van der Waals surface area contributed by atoms with Crippen LogP contribution in [-0.2, 0) is 4.79 Å². The molecule has 130 valence electrons. The molecule has 1 aromatic rings. The lowest BCUT2D eigenvalue weighted by atomic mass is 9.53. The van der Waals surface area contributed by atoms with Crippen LogP contribution >= 0.6 is 11.8 Å². The van der Waals surface area contributed by atoms with Gasteiger partial charge in [0.25, 0.3) is 0 Å². The maximum Gasteiger partial charge on any atom is 0.233 e. The number of amides is 1. The van der Waals surface area contributed by atoms with Gasteiger partial charge < -0.3 is 16.8 Å². The summed E-state index contributed by atoms with van der Waals surface area (Å²) in [5.74, 6) is 2.64. The molecule has 5 N–H and O–H groups in total. The Kier molecular flexibility index (Phi) is 3.82. The first-order valence-electron chi connectivity index (χ1n) is 8.66. The topological polar surface area (TPSA) is 120 Å². The van der Waals surface area contributed by atoms with Crippen molar-refractivity contribution >= 4 is 29.6 Å². The third kappa shape index (κ3) is 3.03. The van der Waals surface area contributed by atoms with Gasteiger partial charge >= 0.3 is 0 Å². The monoisotopic (exact) mass is 348 g/mol. The number of carbonyl (C=O) groups excluding carboxylic acids is 1. The molecule has 1 heterocycles. The lowest BCUT2D eigenvalue weighted by Gasteiger charge is -2.57. The highest BCUT2D eigenvalue weighted by Crippen LogP contribution is 2.55. The number of nitrogen functional groups attached to an aromatic ring is 2. The molecule has 4 bridgehead atoms. The van der Waals surface area contributed by atoms with Gasteiger partial charge in [0.1, 0.15) is 0 Å². The number of anilines is 2. The third-order valence-corrected chi connectivity index (χ3v) is 6.69. The summed E-state index contributed by atoms with van der Waals surface area (Å²) in [6.45, 7) is 1.87. The molecule has 1 atom stereocenters. The van der Waals surface area contributed by atoms with E-state index in [1.807, 2.05) is 6.92 Å². The molecule has 24 heavy (non-hydrogen) atoms. The van der Waals surface area contributed by atoms with Gasteiger partial charge in [-0.2, -0.15) is 15.0 Å². The van der Waals surface area contributed by atoms with E-state index < -0.39 is 0 Å². The van der Waals surface area contributed by atoms with Crippen molar-refractivity contribution in [2.24, 2.45) is 17.8 Å². The second-order valence-electron chi connectivity index (χ2n) is 7.78. The van der Waals surface area contributed by atoms with Crippen LogP contribution in [0.15, 0.2) is 5.16 Å². The van der Waals surface area contributed by atoms with Crippen LogP contribution in [0.25, 0.3) is 0 Å². The second-order valence-corrected chi connectivity index (χ2v) is 9.09. The summed E-state index contributed by atoms with van der Waals surface area (Å²) >= 11 is 1.27. The van der Waals surface area contributed by atoms with Crippen molar-refractivity contribution in [1.29, 1.82) is 0 Å². The Morgan fingerprint density at radius 3 is 2.08 bits per heavy atom. The molecule has 8 heteroatoms. The van der Waals surface area contributed by atoms with E-state index in [9.17, 15) is 4.79 Å². The maximum atomic E-state index is 12.7. The fourth-order valence-electron chi connectivity index (χ4n) is 5.28. The number of aromatic nitrogens is 3. The predicted molar refractivity (Wildman–Crippen MR) is 93.0 cm³/mol. The van der Waals surface area contributed by atoms with Crippen molar-refractivity contribution in [3.05, 3.63) is 0 Å². The quantitative estimate of drug-likeness (QED) is 0.707. The molecule has 5 rings (SSSR count). The Balaban J connectivity index is 1.42. The molecule has 0 radical (unpaired) electrons. The SMILES string of the molecule is CC(Sc1nc(N)nc(N)n1)C(=O)NC12CC3CC(CC(C3)C1)C2. The summed E-state index contributed by atoms with van der Waals surface area (Å²) in [7, 11) is 0. The zero-order valence-corrected chi connectivity index (χ0v) is 14.7. The van der Waals surface area contributed by atoms with E-state index in [1.165, 1.54) is 31.0 Å². The Labute approximate surface area is 145 Å². The minimum atomic E-state index is -0.292. The van der Waals surface area contributed by atoms with Crippen LogP contribution in [0.3, 0.4) is 0 Å². The van der Waals surface area contributed by atoms with E-state index in [4.69, 9.17) is 11.5 Å². The molecule has 0 aromatic carbocycles. The fraction of sp³-hybridized carbons (Fsp3) is 0.750. The number of rotatable bonds is 4. The number of nitrogens with two attached hydrogens (primary N) is 2. The van der Waals surface area contributed by atoms with Crippen LogP contribution < -0.4 is 16.8 Å². The third-order valence-electron chi connectivity index (χ3n) is 5.73. The summed E-state index contributed by atoms with van der Waals surface area (Å²) in [6.07, 6.45) is 7.53. The molecular formula is C16H24N6OS.